The topological polar surface area (TPSA) is 62.9 Å². The van der Waals surface area contributed by atoms with Crippen molar-refractivity contribution in [2.24, 2.45) is 16.6 Å². The zero-order valence-corrected chi connectivity index (χ0v) is 17.8. The van der Waals surface area contributed by atoms with E-state index < -0.39 is 6.36 Å². The molecule has 0 spiro atoms. The Morgan fingerprint density at radius 3 is 2.15 bits per heavy atom. The van der Waals surface area contributed by atoms with Gasteiger partial charge in [0.2, 0.25) is 0 Å². The molecule has 0 amide bonds. The summed E-state index contributed by atoms with van der Waals surface area (Å²) in [6.07, 6.45) is -2.59. The molecule has 5 nitrogen and oxygen atoms in total. The first-order chi connectivity index (χ1) is 11.7. The van der Waals surface area contributed by atoms with Gasteiger partial charge in [0.1, 0.15) is 5.75 Å². The number of hydrogen-bond donors (Lipinski definition) is 2. The molecule has 0 aromatic heterocycles. The van der Waals surface area contributed by atoms with Gasteiger partial charge in [0.15, 0.2) is 5.96 Å². The van der Waals surface area contributed by atoms with Crippen LogP contribution in [-0.2, 0) is 0 Å². The van der Waals surface area contributed by atoms with Crippen LogP contribution in [0.4, 0.5) is 18.9 Å². The minimum Gasteiger partial charge on any atom is -0.406 e. The normalized spacial score (nSPS) is 13.5. The molecule has 0 aliphatic carbocycles. The van der Waals surface area contributed by atoms with Gasteiger partial charge in [-0.1, -0.05) is 26.7 Å². The van der Waals surface area contributed by atoms with Gasteiger partial charge in [0.05, 0.1) is 6.54 Å². The number of nitrogens with two attached hydrogens (primary N) is 1. The molecule has 0 saturated heterocycles. The first kappa shape index (κ1) is 24.8. The van der Waals surface area contributed by atoms with Crippen molar-refractivity contribution in [1.29, 1.82) is 0 Å². The molecule has 1 rings (SSSR count). The van der Waals surface area contributed by atoms with E-state index in [0.29, 0.717) is 18.2 Å². The lowest BCUT2D eigenvalue weighted by molar-refractivity contribution is -0.274. The van der Waals surface area contributed by atoms with E-state index in [-0.39, 0.29) is 41.7 Å². The number of anilines is 1. The van der Waals surface area contributed by atoms with Crippen LogP contribution in [0.3, 0.4) is 0 Å². The van der Waals surface area contributed by atoms with Crippen LogP contribution in [-0.4, -0.2) is 43.9 Å². The SMILES string of the molecule is CCC(CC)C(CN=C(N)Nc1ccc(OC(F)(F)F)cc1)N(C)C.I. The van der Waals surface area contributed by atoms with Crippen molar-refractivity contribution in [3.63, 3.8) is 0 Å². The molecule has 0 saturated carbocycles. The van der Waals surface area contributed by atoms with E-state index in [9.17, 15) is 13.2 Å². The molecule has 0 heterocycles. The van der Waals surface area contributed by atoms with E-state index in [1.807, 2.05) is 14.1 Å². The van der Waals surface area contributed by atoms with Crippen molar-refractivity contribution in [1.82, 2.24) is 4.90 Å². The van der Waals surface area contributed by atoms with Crippen molar-refractivity contribution in [2.75, 3.05) is 26.0 Å². The van der Waals surface area contributed by atoms with Crippen LogP contribution < -0.4 is 15.8 Å². The Kier molecular flexibility index (Phi) is 10.9. The summed E-state index contributed by atoms with van der Waals surface area (Å²) in [7, 11) is 4.03. The second-order valence-corrected chi connectivity index (χ2v) is 6.03. The van der Waals surface area contributed by atoms with Gasteiger partial charge in [-0.3, -0.25) is 4.99 Å². The summed E-state index contributed by atoms with van der Waals surface area (Å²) in [5, 5.41) is 2.87. The van der Waals surface area contributed by atoms with Crippen LogP contribution in [0.25, 0.3) is 0 Å². The Bertz CT molecular complexity index is 546. The molecular formula is C17H28F3IN4O. The number of nitrogens with one attached hydrogen (secondary N) is 1. The lowest BCUT2D eigenvalue weighted by Crippen LogP contribution is -2.38. The van der Waals surface area contributed by atoms with Gasteiger partial charge in [-0.2, -0.15) is 0 Å². The van der Waals surface area contributed by atoms with Crippen LogP contribution in [0, 0.1) is 5.92 Å². The Hall–Kier alpha value is -1.23. The summed E-state index contributed by atoms with van der Waals surface area (Å²) in [5.74, 6) is 0.461. The number of hydrogen-bond acceptors (Lipinski definition) is 3. The number of ether oxygens (including phenoxy) is 1. The standard InChI is InChI=1S/C17H27F3N4O.HI/c1-5-12(6-2)15(24(3)4)11-22-16(21)23-13-7-9-14(10-8-13)25-17(18,19)20;/h7-10,12,15H,5-6,11H2,1-4H3,(H3,21,22,23);1H. The molecule has 1 aromatic rings. The third kappa shape index (κ3) is 8.93. The minimum absolute atomic E-state index is 0. The maximum atomic E-state index is 12.1. The smallest absolute Gasteiger partial charge is 0.406 e. The number of nitrogens with zero attached hydrogens (tertiary/aromatic N) is 2. The van der Waals surface area contributed by atoms with Crippen LogP contribution >= 0.6 is 24.0 Å². The Morgan fingerprint density at radius 2 is 1.73 bits per heavy atom. The monoisotopic (exact) mass is 488 g/mol. The molecule has 26 heavy (non-hydrogen) atoms. The van der Waals surface area contributed by atoms with Crippen LogP contribution in [0.15, 0.2) is 29.3 Å². The van der Waals surface area contributed by atoms with Crippen molar-refractivity contribution < 1.29 is 17.9 Å². The highest BCUT2D eigenvalue weighted by Gasteiger charge is 2.30. The highest BCUT2D eigenvalue weighted by Crippen LogP contribution is 2.24. The quantitative estimate of drug-likeness (QED) is 0.326. The molecule has 9 heteroatoms. The van der Waals surface area contributed by atoms with E-state index >= 15 is 0 Å². The largest absolute Gasteiger partial charge is 0.573 e. The zero-order valence-electron chi connectivity index (χ0n) is 15.5. The number of likely N-dealkylation sites (N-methyl/N-ethyl adjacent to an activating group) is 1. The summed E-state index contributed by atoms with van der Waals surface area (Å²) >= 11 is 0. The average Bonchev–Trinajstić information content (AvgIpc) is 2.51. The number of halogens is 4. The Labute approximate surface area is 170 Å². The fourth-order valence-corrected chi connectivity index (χ4v) is 2.69. The summed E-state index contributed by atoms with van der Waals surface area (Å²) in [6.45, 7) is 4.86. The maximum Gasteiger partial charge on any atom is 0.573 e. The number of benzene rings is 1. The average molecular weight is 488 g/mol. The summed E-state index contributed by atoms with van der Waals surface area (Å²) in [5.41, 5.74) is 6.43. The Balaban J connectivity index is 0.00000625. The van der Waals surface area contributed by atoms with Gasteiger partial charge in [-0.25, -0.2) is 0 Å². The molecule has 0 aliphatic heterocycles. The van der Waals surface area contributed by atoms with E-state index in [1.54, 1.807) is 0 Å². The highest BCUT2D eigenvalue weighted by molar-refractivity contribution is 14.0. The Morgan fingerprint density at radius 1 is 1.19 bits per heavy atom. The molecule has 1 atom stereocenters. The molecule has 0 aliphatic rings. The number of rotatable bonds is 8. The fourth-order valence-electron chi connectivity index (χ4n) is 2.69. The fraction of sp³-hybridized carbons (Fsp3) is 0.588. The van der Waals surface area contributed by atoms with E-state index in [0.717, 1.165) is 12.8 Å². The van der Waals surface area contributed by atoms with Crippen molar-refractivity contribution in [3.05, 3.63) is 24.3 Å². The molecule has 3 N–H and O–H groups in total. The first-order valence-corrected chi connectivity index (χ1v) is 8.25. The van der Waals surface area contributed by atoms with Crippen LogP contribution in [0.5, 0.6) is 5.75 Å². The molecule has 0 radical (unpaired) electrons. The molecule has 1 unspecified atom stereocenters. The van der Waals surface area contributed by atoms with Crippen LogP contribution in [0.2, 0.25) is 0 Å². The minimum atomic E-state index is -4.70. The summed E-state index contributed by atoms with van der Waals surface area (Å²) in [4.78, 5) is 6.51. The molecular weight excluding hydrogens is 460 g/mol. The third-order valence-corrected chi connectivity index (χ3v) is 4.07. The van der Waals surface area contributed by atoms with Crippen molar-refractivity contribution in [2.45, 2.75) is 39.1 Å². The van der Waals surface area contributed by atoms with Crippen LogP contribution in [0.1, 0.15) is 26.7 Å². The molecule has 1 aromatic carbocycles. The predicted molar refractivity (Wildman–Crippen MR) is 110 cm³/mol. The van der Waals surface area contributed by atoms with Gasteiger partial charge in [0.25, 0.3) is 0 Å². The lowest BCUT2D eigenvalue weighted by atomic mass is 9.93. The zero-order chi connectivity index (χ0) is 19.0. The second-order valence-electron chi connectivity index (χ2n) is 6.03. The van der Waals surface area contributed by atoms with Gasteiger partial charge < -0.3 is 20.7 Å². The summed E-state index contributed by atoms with van der Waals surface area (Å²) < 4.78 is 40.2. The number of alkyl halides is 3. The maximum absolute atomic E-state index is 12.1. The van der Waals surface area contributed by atoms with Gasteiger partial charge in [-0.15, -0.1) is 37.1 Å². The van der Waals surface area contributed by atoms with E-state index in [1.165, 1.54) is 24.3 Å². The number of guanidine groups is 1. The van der Waals surface area contributed by atoms with E-state index in [4.69, 9.17) is 5.73 Å². The summed E-state index contributed by atoms with van der Waals surface area (Å²) in [6, 6.07) is 5.62. The second kappa shape index (κ2) is 11.5. The lowest BCUT2D eigenvalue weighted by Gasteiger charge is -2.30. The van der Waals surface area contributed by atoms with Gasteiger partial charge in [-0.05, 0) is 44.3 Å². The third-order valence-electron chi connectivity index (χ3n) is 4.07. The molecule has 0 bridgehead atoms. The predicted octanol–water partition coefficient (Wildman–Crippen LogP) is 4.30. The van der Waals surface area contributed by atoms with Gasteiger partial charge in [0, 0.05) is 11.7 Å². The number of aliphatic imine (C=N–C) groups is 1. The van der Waals surface area contributed by atoms with E-state index in [2.05, 4.69) is 33.8 Å². The first-order valence-electron chi connectivity index (χ1n) is 8.25. The highest BCUT2D eigenvalue weighted by atomic mass is 127. The van der Waals surface area contributed by atoms with Gasteiger partial charge >= 0.3 is 6.36 Å². The molecule has 0 fully saturated rings. The van der Waals surface area contributed by atoms with Crippen molar-refractivity contribution in [3.8, 4) is 5.75 Å². The molecule has 150 valence electrons. The van der Waals surface area contributed by atoms with Crippen molar-refractivity contribution >= 4 is 35.6 Å².